The van der Waals surface area contributed by atoms with E-state index >= 15 is 0 Å². The number of nitrogens with zero attached hydrogens (tertiary/aromatic N) is 2. The van der Waals surface area contributed by atoms with Crippen LogP contribution < -0.4 is 9.62 Å². The minimum atomic E-state index is -3.56. The van der Waals surface area contributed by atoms with Crippen LogP contribution in [0.25, 0.3) is 0 Å². The average Bonchev–Trinajstić information content (AvgIpc) is 2.63. The van der Waals surface area contributed by atoms with Crippen molar-refractivity contribution in [1.82, 2.24) is 10.3 Å². The monoisotopic (exact) mass is 407 g/mol. The Labute approximate surface area is 165 Å². The van der Waals surface area contributed by atoms with Gasteiger partial charge in [-0.25, -0.2) is 13.4 Å². The van der Waals surface area contributed by atoms with Gasteiger partial charge in [-0.05, 0) is 35.7 Å². The molecule has 1 N–H and O–H groups in total. The third-order valence-electron chi connectivity index (χ3n) is 3.85. The van der Waals surface area contributed by atoms with Crippen LogP contribution >= 0.6 is 11.8 Å². The molecule has 1 heterocycles. The van der Waals surface area contributed by atoms with Crippen molar-refractivity contribution in [2.75, 3.05) is 29.4 Å². The molecule has 0 fully saturated rings. The number of carbonyl (C=O) groups excluding carboxylic acids is 1. The van der Waals surface area contributed by atoms with Crippen LogP contribution in [0.5, 0.6) is 0 Å². The number of amides is 1. The summed E-state index contributed by atoms with van der Waals surface area (Å²) in [7, 11) is -3.56. The van der Waals surface area contributed by atoms with E-state index in [0.717, 1.165) is 21.2 Å². The zero-order valence-corrected chi connectivity index (χ0v) is 17.4. The minimum Gasteiger partial charge on any atom is -0.354 e. The van der Waals surface area contributed by atoms with Crippen LogP contribution in [0.4, 0.5) is 5.69 Å². The third kappa shape index (κ3) is 6.88. The Morgan fingerprint density at radius 1 is 1.19 bits per heavy atom. The maximum atomic E-state index is 12.2. The summed E-state index contributed by atoms with van der Waals surface area (Å²) in [6.07, 6.45) is 2.82. The van der Waals surface area contributed by atoms with E-state index in [1.54, 1.807) is 18.3 Å². The summed E-state index contributed by atoms with van der Waals surface area (Å²) in [5.74, 6) is 0.672. The highest BCUT2D eigenvalue weighted by Gasteiger charge is 2.20. The largest absolute Gasteiger partial charge is 0.354 e. The van der Waals surface area contributed by atoms with Crippen molar-refractivity contribution < 1.29 is 13.2 Å². The average molecular weight is 408 g/mol. The molecule has 0 atom stereocenters. The molecular formula is C19H25N3O3S2. The second kappa shape index (κ2) is 9.75. The number of hydrogen-bond donors (Lipinski definition) is 1. The highest BCUT2D eigenvalue weighted by Crippen LogP contribution is 2.21. The molecule has 6 nitrogen and oxygen atoms in total. The van der Waals surface area contributed by atoms with Gasteiger partial charge in [0.2, 0.25) is 15.9 Å². The first kappa shape index (κ1) is 21.2. The van der Waals surface area contributed by atoms with Gasteiger partial charge in [-0.1, -0.05) is 32.0 Å². The Balaban J connectivity index is 1.92. The fourth-order valence-corrected chi connectivity index (χ4v) is 3.97. The number of carbonyl (C=O) groups is 1. The van der Waals surface area contributed by atoms with Crippen LogP contribution in [0, 0.1) is 0 Å². The molecule has 1 aromatic heterocycles. The molecule has 146 valence electrons. The molecule has 0 saturated carbocycles. The zero-order chi connectivity index (χ0) is 19.9. The third-order valence-corrected chi connectivity index (χ3v) is 5.93. The van der Waals surface area contributed by atoms with Crippen LogP contribution in [0.15, 0.2) is 53.7 Å². The Kier molecular flexibility index (Phi) is 7.67. The molecule has 8 heteroatoms. The van der Waals surface area contributed by atoms with Crippen molar-refractivity contribution >= 4 is 33.4 Å². The first-order valence-electron chi connectivity index (χ1n) is 8.65. The van der Waals surface area contributed by atoms with Gasteiger partial charge in [0.25, 0.3) is 0 Å². The lowest BCUT2D eigenvalue weighted by molar-refractivity contribution is -0.119. The molecule has 0 saturated heterocycles. The van der Waals surface area contributed by atoms with Gasteiger partial charge < -0.3 is 5.32 Å². The van der Waals surface area contributed by atoms with Crippen molar-refractivity contribution in [2.24, 2.45) is 0 Å². The number of pyridine rings is 1. The summed E-state index contributed by atoms with van der Waals surface area (Å²) >= 11 is 1.53. The molecule has 0 aliphatic rings. The number of aromatic nitrogens is 1. The number of hydrogen-bond acceptors (Lipinski definition) is 5. The molecule has 0 spiro atoms. The molecule has 2 aromatic rings. The van der Waals surface area contributed by atoms with Gasteiger partial charge >= 0.3 is 0 Å². The van der Waals surface area contributed by atoms with Gasteiger partial charge in [0.1, 0.15) is 6.54 Å². The van der Waals surface area contributed by atoms with Crippen LogP contribution in [0.3, 0.4) is 0 Å². The fourth-order valence-electron chi connectivity index (χ4n) is 2.39. The summed E-state index contributed by atoms with van der Waals surface area (Å²) in [6, 6.07) is 12.9. The number of anilines is 1. The summed E-state index contributed by atoms with van der Waals surface area (Å²) in [6.45, 7) is 4.33. The lowest BCUT2D eigenvalue weighted by Gasteiger charge is -2.22. The molecular weight excluding hydrogens is 382 g/mol. The number of sulfonamides is 1. The summed E-state index contributed by atoms with van der Waals surface area (Å²) in [5, 5.41) is 3.65. The van der Waals surface area contributed by atoms with E-state index in [1.165, 1.54) is 11.8 Å². The van der Waals surface area contributed by atoms with Crippen molar-refractivity contribution in [2.45, 2.75) is 24.8 Å². The quantitative estimate of drug-likeness (QED) is 0.511. The van der Waals surface area contributed by atoms with Gasteiger partial charge in [-0.3, -0.25) is 9.10 Å². The standard InChI is InChI=1S/C19H25N3O3S2/c1-15(2)16-7-9-17(10-8-16)22(27(3,24)25)14-18(23)20-12-13-26-19-6-4-5-11-21-19/h4-11,15H,12-14H2,1-3H3,(H,20,23). The maximum absolute atomic E-state index is 12.2. The molecule has 0 bridgehead atoms. The Morgan fingerprint density at radius 3 is 2.44 bits per heavy atom. The Morgan fingerprint density at radius 2 is 1.89 bits per heavy atom. The SMILES string of the molecule is CC(C)c1ccc(N(CC(=O)NCCSc2ccccn2)S(C)(=O)=O)cc1. The maximum Gasteiger partial charge on any atom is 0.240 e. The van der Waals surface area contributed by atoms with Crippen LogP contribution in [-0.4, -0.2) is 44.4 Å². The first-order valence-corrected chi connectivity index (χ1v) is 11.5. The van der Waals surface area contributed by atoms with Crippen molar-refractivity contribution in [3.8, 4) is 0 Å². The summed E-state index contributed by atoms with van der Waals surface area (Å²) < 4.78 is 25.4. The molecule has 0 aliphatic heterocycles. The normalized spacial score (nSPS) is 11.4. The number of thioether (sulfide) groups is 1. The first-order chi connectivity index (χ1) is 12.8. The summed E-state index contributed by atoms with van der Waals surface area (Å²) in [4.78, 5) is 16.4. The topological polar surface area (TPSA) is 79.4 Å². The Bertz CT molecular complexity index is 838. The lowest BCUT2D eigenvalue weighted by atomic mass is 10.0. The lowest BCUT2D eigenvalue weighted by Crippen LogP contribution is -2.41. The van der Waals surface area contributed by atoms with Gasteiger partial charge in [-0.2, -0.15) is 0 Å². The second-order valence-electron chi connectivity index (χ2n) is 6.38. The van der Waals surface area contributed by atoms with Crippen LogP contribution in [0.1, 0.15) is 25.3 Å². The number of rotatable bonds is 9. The predicted molar refractivity (Wildman–Crippen MR) is 111 cm³/mol. The highest BCUT2D eigenvalue weighted by molar-refractivity contribution is 7.99. The van der Waals surface area contributed by atoms with E-state index in [1.807, 2.05) is 30.3 Å². The van der Waals surface area contributed by atoms with E-state index in [9.17, 15) is 13.2 Å². The van der Waals surface area contributed by atoms with E-state index in [2.05, 4.69) is 24.1 Å². The van der Waals surface area contributed by atoms with E-state index < -0.39 is 10.0 Å². The molecule has 0 radical (unpaired) electrons. The van der Waals surface area contributed by atoms with Gasteiger partial charge in [-0.15, -0.1) is 11.8 Å². The minimum absolute atomic E-state index is 0.242. The van der Waals surface area contributed by atoms with Gasteiger partial charge in [0, 0.05) is 18.5 Å². The predicted octanol–water partition coefficient (Wildman–Crippen LogP) is 2.88. The van der Waals surface area contributed by atoms with E-state index in [-0.39, 0.29) is 12.5 Å². The molecule has 1 aromatic carbocycles. The van der Waals surface area contributed by atoms with Crippen molar-refractivity contribution in [3.63, 3.8) is 0 Å². The van der Waals surface area contributed by atoms with Gasteiger partial charge in [0.05, 0.1) is 17.0 Å². The molecule has 2 rings (SSSR count). The van der Waals surface area contributed by atoms with E-state index in [0.29, 0.717) is 23.9 Å². The van der Waals surface area contributed by atoms with Gasteiger partial charge in [0.15, 0.2) is 0 Å². The summed E-state index contributed by atoms with van der Waals surface area (Å²) in [5.41, 5.74) is 1.60. The van der Waals surface area contributed by atoms with E-state index in [4.69, 9.17) is 0 Å². The number of nitrogens with one attached hydrogen (secondary N) is 1. The highest BCUT2D eigenvalue weighted by atomic mass is 32.2. The Hall–Kier alpha value is -2.06. The van der Waals surface area contributed by atoms with Crippen LogP contribution in [-0.2, 0) is 14.8 Å². The fraction of sp³-hybridized carbons (Fsp3) is 0.368. The van der Waals surface area contributed by atoms with Crippen molar-refractivity contribution in [1.29, 1.82) is 0 Å². The number of benzene rings is 1. The second-order valence-corrected chi connectivity index (χ2v) is 9.40. The zero-order valence-electron chi connectivity index (χ0n) is 15.8. The van der Waals surface area contributed by atoms with Crippen molar-refractivity contribution in [3.05, 3.63) is 54.2 Å². The van der Waals surface area contributed by atoms with Crippen LogP contribution in [0.2, 0.25) is 0 Å². The molecule has 1 amide bonds. The molecule has 27 heavy (non-hydrogen) atoms. The smallest absolute Gasteiger partial charge is 0.240 e. The molecule has 0 aliphatic carbocycles. The molecule has 0 unspecified atom stereocenters.